The van der Waals surface area contributed by atoms with Gasteiger partial charge in [0.2, 0.25) is 10.0 Å². The number of ether oxygens (including phenoxy) is 1. The van der Waals surface area contributed by atoms with E-state index in [4.69, 9.17) is 4.74 Å². The molecule has 1 atom stereocenters. The molecule has 2 amide bonds. The minimum atomic E-state index is -3.37. The summed E-state index contributed by atoms with van der Waals surface area (Å²) in [7, 11) is -3.37. The number of hydrogen-bond acceptors (Lipinski definition) is 5. The summed E-state index contributed by atoms with van der Waals surface area (Å²) in [6, 6.07) is 11.6. The number of nitrogens with zero attached hydrogens (tertiary/aromatic N) is 1. The summed E-state index contributed by atoms with van der Waals surface area (Å²) in [4.78, 5) is 24.1. The maximum Gasteiger partial charge on any atom is 0.257 e. The van der Waals surface area contributed by atoms with Crippen molar-refractivity contribution < 1.29 is 22.7 Å². The monoisotopic (exact) mass is 431 g/mol. The van der Waals surface area contributed by atoms with Gasteiger partial charge in [0.05, 0.1) is 11.9 Å². The van der Waals surface area contributed by atoms with E-state index in [1.807, 2.05) is 13.8 Å². The normalized spacial score (nSPS) is 15.4. The molecule has 3 rings (SSSR count). The van der Waals surface area contributed by atoms with Crippen LogP contribution in [0.15, 0.2) is 42.5 Å². The number of likely N-dealkylation sites (N-methyl/N-ethyl adjacent to an activating group) is 1. The van der Waals surface area contributed by atoms with Gasteiger partial charge in [0, 0.05) is 23.8 Å². The van der Waals surface area contributed by atoms with Crippen LogP contribution in [-0.2, 0) is 21.2 Å². The van der Waals surface area contributed by atoms with Crippen LogP contribution in [0.4, 0.5) is 11.4 Å². The van der Waals surface area contributed by atoms with Gasteiger partial charge in [-0.1, -0.05) is 0 Å². The van der Waals surface area contributed by atoms with Crippen molar-refractivity contribution >= 4 is 33.2 Å². The third-order valence-corrected chi connectivity index (χ3v) is 5.98. The minimum absolute atomic E-state index is 0.0718. The van der Waals surface area contributed by atoms with Crippen molar-refractivity contribution in [2.75, 3.05) is 29.0 Å². The lowest BCUT2D eigenvalue weighted by atomic mass is 10.1. The highest BCUT2D eigenvalue weighted by Gasteiger charge is 2.32. The molecule has 0 aliphatic carbocycles. The van der Waals surface area contributed by atoms with E-state index in [0.29, 0.717) is 35.7 Å². The number of fused-ring (bicyclic) bond motifs is 1. The molecule has 2 N–H and O–H groups in total. The van der Waals surface area contributed by atoms with Gasteiger partial charge in [-0.05, 0) is 68.3 Å². The van der Waals surface area contributed by atoms with Crippen molar-refractivity contribution in [3.05, 3.63) is 53.6 Å². The van der Waals surface area contributed by atoms with E-state index in [-0.39, 0.29) is 24.5 Å². The zero-order valence-corrected chi connectivity index (χ0v) is 18.0. The average molecular weight is 432 g/mol. The summed E-state index contributed by atoms with van der Waals surface area (Å²) < 4.78 is 30.8. The zero-order valence-electron chi connectivity index (χ0n) is 17.1. The molecule has 0 saturated heterocycles. The first-order valence-corrected chi connectivity index (χ1v) is 11.5. The predicted molar refractivity (Wildman–Crippen MR) is 116 cm³/mol. The first-order chi connectivity index (χ1) is 14.2. The van der Waals surface area contributed by atoms with Crippen molar-refractivity contribution in [2.24, 2.45) is 0 Å². The molecular weight excluding hydrogens is 406 g/mol. The lowest BCUT2D eigenvalue weighted by Gasteiger charge is -2.21. The Morgan fingerprint density at radius 2 is 1.87 bits per heavy atom. The quantitative estimate of drug-likeness (QED) is 0.699. The van der Waals surface area contributed by atoms with E-state index in [9.17, 15) is 18.0 Å². The van der Waals surface area contributed by atoms with Gasteiger partial charge in [-0.15, -0.1) is 0 Å². The Labute approximate surface area is 176 Å². The molecule has 0 spiro atoms. The van der Waals surface area contributed by atoms with Crippen LogP contribution in [0.2, 0.25) is 0 Å². The van der Waals surface area contributed by atoms with Crippen LogP contribution in [0.5, 0.6) is 5.75 Å². The first kappa shape index (κ1) is 21.6. The number of benzene rings is 2. The van der Waals surface area contributed by atoms with Crippen LogP contribution >= 0.6 is 0 Å². The summed E-state index contributed by atoms with van der Waals surface area (Å²) in [6.45, 7) is 4.15. The molecule has 0 saturated carbocycles. The summed E-state index contributed by atoms with van der Waals surface area (Å²) in [5.41, 5.74) is 2.48. The number of hydrogen-bond donors (Lipinski definition) is 2. The third kappa shape index (κ3) is 4.91. The Kier molecular flexibility index (Phi) is 6.31. The van der Waals surface area contributed by atoms with Crippen LogP contribution in [0.1, 0.15) is 29.8 Å². The molecule has 160 valence electrons. The van der Waals surface area contributed by atoms with E-state index in [1.54, 1.807) is 42.5 Å². The summed E-state index contributed by atoms with van der Waals surface area (Å²) in [5, 5.41) is 5.45. The molecule has 0 aromatic heterocycles. The fourth-order valence-corrected chi connectivity index (χ4v) is 4.75. The summed E-state index contributed by atoms with van der Waals surface area (Å²) in [6.07, 6.45) is 1.74. The molecule has 1 heterocycles. The number of carbonyl (C=O) groups excluding carboxylic acids is 2. The number of amides is 2. The lowest BCUT2D eigenvalue weighted by Crippen LogP contribution is -2.34. The third-order valence-electron chi connectivity index (χ3n) is 4.71. The standard InChI is InChI=1S/C21H25N3O5S/c1-4-22-20(25)13-29-18-8-6-17(7-9-18)23-21(26)15-5-10-19-16(12-15)11-14(2)24(19)30(3,27)28/h5-10,12,14H,4,11,13H2,1-3H3,(H,22,25)(H,23,26). The Morgan fingerprint density at radius 1 is 1.17 bits per heavy atom. The average Bonchev–Trinajstić information content (AvgIpc) is 3.02. The van der Waals surface area contributed by atoms with Gasteiger partial charge < -0.3 is 15.4 Å². The Bertz CT molecular complexity index is 1050. The Balaban J connectivity index is 1.66. The topological polar surface area (TPSA) is 105 Å². The number of rotatable bonds is 7. The number of carbonyl (C=O) groups is 2. The summed E-state index contributed by atoms with van der Waals surface area (Å²) >= 11 is 0. The van der Waals surface area contributed by atoms with Crippen molar-refractivity contribution in [2.45, 2.75) is 26.3 Å². The Morgan fingerprint density at radius 3 is 2.50 bits per heavy atom. The van der Waals surface area contributed by atoms with Gasteiger partial charge >= 0.3 is 0 Å². The van der Waals surface area contributed by atoms with Crippen LogP contribution in [-0.4, -0.2) is 45.7 Å². The molecular formula is C21H25N3O5S. The van der Waals surface area contributed by atoms with Gasteiger partial charge in [0.25, 0.3) is 11.8 Å². The predicted octanol–water partition coefficient (Wildman–Crippen LogP) is 2.16. The lowest BCUT2D eigenvalue weighted by molar-refractivity contribution is -0.122. The maximum atomic E-state index is 12.6. The molecule has 1 aliphatic heterocycles. The molecule has 0 radical (unpaired) electrons. The molecule has 2 aromatic rings. The number of nitrogens with one attached hydrogen (secondary N) is 2. The zero-order chi connectivity index (χ0) is 21.9. The van der Waals surface area contributed by atoms with Gasteiger partial charge in [0.1, 0.15) is 5.75 Å². The van der Waals surface area contributed by atoms with E-state index >= 15 is 0 Å². The van der Waals surface area contributed by atoms with Crippen molar-refractivity contribution in [1.82, 2.24) is 5.32 Å². The first-order valence-electron chi connectivity index (χ1n) is 9.62. The molecule has 1 aliphatic rings. The van der Waals surface area contributed by atoms with Crippen LogP contribution in [0, 0.1) is 0 Å². The van der Waals surface area contributed by atoms with E-state index in [1.165, 1.54) is 10.6 Å². The highest BCUT2D eigenvalue weighted by atomic mass is 32.2. The summed E-state index contributed by atoms with van der Waals surface area (Å²) in [5.74, 6) is 0.0288. The highest BCUT2D eigenvalue weighted by molar-refractivity contribution is 7.92. The van der Waals surface area contributed by atoms with Gasteiger partial charge in [-0.2, -0.15) is 0 Å². The smallest absolute Gasteiger partial charge is 0.257 e. The fourth-order valence-electron chi connectivity index (χ4n) is 3.48. The van der Waals surface area contributed by atoms with E-state index in [0.717, 1.165) is 5.56 Å². The molecule has 0 fully saturated rings. The van der Waals surface area contributed by atoms with Crippen molar-refractivity contribution in [1.29, 1.82) is 0 Å². The molecule has 9 heteroatoms. The Hall–Kier alpha value is -3.07. The second-order valence-electron chi connectivity index (χ2n) is 7.18. The van der Waals surface area contributed by atoms with E-state index in [2.05, 4.69) is 10.6 Å². The van der Waals surface area contributed by atoms with Crippen LogP contribution in [0.25, 0.3) is 0 Å². The van der Waals surface area contributed by atoms with Crippen LogP contribution in [0.3, 0.4) is 0 Å². The molecule has 1 unspecified atom stereocenters. The van der Waals surface area contributed by atoms with E-state index < -0.39 is 10.0 Å². The van der Waals surface area contributed by atoms with Crippen molar-refractivity contribution in [3.63, 3.8) is 0 Å². The SMILES string of the molecule is CCNC(=O)COc1ccc(NC(=O)c2ccc3c(c2)CC(C)N3S(C)(=O)=O)cc1. The largest absolute Gasteiger partial charge is 0.484 e. The highest BCUT2D eigenvalue weighted by Crippen LogP contribution is 2.34. The molecule has 0 bridgehead atoms. The van der Waals surface area contributed by atoms with Gasteiger partial charge in [0.15, 0.2) is 6.61 Å². The fraction of sp³-hybridized carbons (Fsp3) is 0.333. The van der Waals surface area contributed by atoms with Gasteiger partial charge in [-0.25, -0.2) is 8.42 Å². The second kappa shape index (κ2) is 8.74. The molecule has 30 heavy (non-hydrogen) atoms. The molecule has 2 aromatic carbocycles. The van der Waals surface area contributed by atoms with Gasteiger partial charge in [-0.3, -0.25) is 13.9 Å². The maximum absolute atomic E-state index is 12.6. The van der Waals surface area contributed by atoms with Crippen LogP contribution < -0.4 is 19.7 Å². The number of anilines is 2. The molecule has 8 nitrogen and oxygen atoms in total. The minimum Gasteiger partial charge on any atom is -0.484 e. The van der Waals surface area contributed by atoms with Crippen molar-refractivity contribution in [3.8, 4) is 5.75 Å². The second-order valence-corrected chi connectivity index (χ2v) is 9.04. The number of sulfonamides is 1.